The van der Waals surface area contributed by atoms with Gasteiger partial charge in [-0.3, -0.25) is 0 Å². The quantitative estimate of drug-likeness (QED) is 0.521. The number of carbonyl (C=O) groups excluding carboxylic acids is 1. The first-order valence-electron chi connectivity index (χ1n) is 7.78. The molecule has 118 valence electrons. The Morgan fingerprint density at radius 1 is 1.09 bits per heavy atom. The molecule has 1 saturated carbocycles. The first-order valence-corrected chi connectivity index (χ1v) is 8.57. The second-order valence-electron chi connectivity index (χ2n) is 7.30. The number of hydrogen-bond donors (Lipinski definition) is 0. The lowest BCUT2D eigenvalue weighted by atomic mass is 9.27. The molecule has 2 nitrogen and oxygen atoms in total. The fourth-order valence-corrected chi connectivity index (χ4v) is 5.31. The third-order valence-electron chi connectivity index (χ3n) is 7.20. The standard InChI is InChI=1S/C19H23BrO2/c1-11-12(2)18(5)17(11,4)13(3)19(18,6)22-16(21)14-7-9-15(20)10-8-14/h7-10,13H,1-6H3/t13-,17+,18+,19+/m1/s1. The van der Waals surface area contributed by atoms with Crippen molar-refractivity contribution in [3.05, 3.63) is 45.4 Å². The van der Waals surface area contributed by atoms with Crippen LogP contribution in [-0.4, -0.2) is 11.6 Å². The molecule has 4 atom stereocenters. The SMILES string of the molecule is CC1=C(C)[C@@]2(C)[C@@H](C)[C@](C)(OC(=O)c3ccc(Br)cc3)[C@@]12C. The van der Waals surface area contributed by atoms with Crippen LogP contribution in [0, 0.1) is 16.7 Å². The molecule has 0 spiro atoms. The van der Waals surface area contributed by atoms with E-state index in [2.05, 4.69) is 57.5 Å². The topological polar surface area (TPSA) is 26.3 Å². The molecule has 0 N–H and O–H groups in total. The van der Waals surface area contributed by atoms with Gasteiger partial charge >= 0.3 is 5.97 Å². The summed E-state index contributed by atoms with van der Waals surface area (Å²) in [6.45, 7) is 13.2. The first-order chi connectivity index (χ1) is 10.1. The van der Waals surface area contributed by atoms with Gasteiger partial charge in [0.1, 0.15) is 5.60 Å². The molecule has 3 rings (SSSR count). The van der Waals surface area contributed by atoms with Crippen molar-refractivity contribution in [3.8, 4) is 0 Å². The molecule has 22 heavy (non-hydrogen) atoms. The first kappa shape index (κ1) is 15.8. The third-order valence-corrected chi connectivity index (χ3v) is 7.73. The summed E-state index contributed by atoms with van der Waals surface area (Å²) in [6, 6.07) is 7.34. The molecule has 0 amide bonds. The molecule has 2 aliphatic carbocycles. The minimum Gasteiger partial charge on any atom is -0.454 e. The molecule has 0 saturated heterocycles. The Morgan fingerprint density at radius 3 is 2.18 bits per heavy atom. The van der Waals surface area contributed by atoms with Crippen molar-refractivity contribution in [1.29, 1.82) is 0 Å². The Morgan fingerprint density at radius 2 is 1.64 bits per heavy atom. The summed E-state index contributed by atoms with van der Waals surface area (Å²) in [5.74, 6) is 0.0792. The molecule has 1 aromatic carbocycles. The van der Waals surface area contributed by atoms with E-state index in [9.17, 15) is 4.79 Å². The van der Waals surface area contributed by atoms with Gasteiger partial charge in [-0.1, -0.05) is 47.8 Å². The lowest BCUT2D eigenvalue weighted by Gasteiger charge is -2.78. The van der Waals surface area contributed by atoms with Crippen LogP contribution in [-0.2, 0) is 4.74 Å². The van der Waals surface area contributed by atoms with Crippen molar-refractivity contribution in [3.63, 3.8) is 0 Å². The predicted octanol–water partition coefficient (Wildman–Crippen LogP) is 5.38. The number of hydrogen-bond acceptors (Lipinski definition) is 2. The van der Waals surface area contributed by atoms with Crippen molar-refractivity contribution in [2.24, 2.45) is 16.7 Å². The fraction of sp³-hybridized carbons (Fsp3) is 0.526. The molecule has 2 aliphatic rings. The Bertz CT molecular complexity index is 690. The van der Waals surface area contributed by atoms with E-state index in [1.807, 2.05) is 12.1 Å². The highest BCUT2D eigenvalue weighted by atomic mass is 79.9. The van der Waals surface area contributed by atoms with Crippen LogP contribution in [0.1, 0.15) is 51.9 Å². The highest BCUT2D eigenvalue weighted by Crippen LogP contribution is 2.80. The van der Waals surface area contributed by atoms with E-state index in [1.54, 1.807) is 12.1 Å². The number of ether oxygens (including phenoxy) is 1. The highest BCUT2D eigenvalue weighted by Gasteiger charge is 2.80. The highest BCUT2D eigenvalue weighted by molar-refractivity contribution is 9.10. The van der Waals surface area contributed by atoms with Crippen LogP contribution in [0.25, 0.3) is 0 Å². The van der Waals surface area contributed by atoms with Crippen LogP contribution < -0.4 is 0 Å². The number of allylic oxidation sites excluding steroid dienone is 1. The molecule has 0 radical (unpaired) electrons. The van der Waals surface area contributed by atoms with Gasteiger partial charge in [0, 0.05) is 21.2 Å². The van der Waals surface area contributed by atoms with Crippen LogP contribution in [0.4, 0.5) is 0 Å². The molecule has 0 bridgehead atoms. The average molecular weight is 363 g/mol. The molecule has 0 aromatic heterocycles. The Labute approximate surface area is 141 Å². The minimum absolute atomic E-state index is 0.0610. The minimum atomic E-state index is -0.449. The molecule has 1 fully saturated rings. The normalized spacial score (nSPS) is 39.7. The van der Waals surface area contributed by atoms with E-state index < -0.39 is 5.60 Å². The maximum Gasteiger partial charge on any atom is 0.338 e. The molecular formula is C19H23BrO2. The zero-order valence-corrected chi connectivity index (χ0v) is 15.7. The maximum atomic E-state index is 12.6. The van der Waals surface area contributed by atoms with Crippen LogP contribution in [0.5, 0.6) is 0 Å². The third kappa shape index (κ3) is 1.49. The summed E-state index contributed by atoms with van der Waals surface area (Å²) >= 11 is 3.39. The lowest BCUT2D eigenvalue weighted by molar-refractivity contribution is -0.276. The van der Waals surface area contributed by atoms with Crippen LogP contribution >= 0.6 is 15.9 Å². The fourth-order valence-electron chi connectivity index (χ4n) is 5.05. The zero-order valence-electron chi connectivity index (χ0n) is 14.1. The number of esters is 1. The van der Waals surface area contributed by atoms with Gasteiger partial charge in [0.15, 0.2) is 0 Å². The average Bonchev–Trinajstić information content (AvgIpc) is 2.51. The Kier molecular flexibility index (Phi) is 3.21. The van der Waals surface area contributed by atoms with E-state index >= 15 is 0 Å². The summed E-state index contributed by atoms with van der Waals surface area (Å²) in [7, 11) is 0. The lowest BCUT2D eigenvalue weighted by Crippen LogP contribution is -2.79. The van der Waals surface area contributed by atoms with Gasteiger partial charge in [-0.05, 0) is 45.0 Å². The van der Waals surface area contributed by atoms with Crippen LogP contribution in [0.2, 0.25) is 0 Å². The van der Waals surface area contributed by atoms with Crippen molar-refractivity contribution in [1.82, 2.24) is 0 Å². The molecule has 0 heterocycles. The van der Waals surface area contributed by atoms with Gasteiger partial charge in [0.05, 0.1) is 5.56 Å². The molecular weight excluding hydrogens is 340 g/mol. The number of halogens is 1. The number of rotatable bonds is 2. The van der Waals surface area contributed by atoms with E-state index in [0.717, 1.165) is 4.47 Å². The summed E-state index contributed by atoms with van der Waals surface area (Å²) in [5.41, 5.74) is 3.07. The largest absolute Gasteiger partial charge is 0.454 e. The maximum absolute atomic E-state index is 12.6. The second-order valence-corrected chi connectivity index (χ2v) is 8.22. The van der Waals surface area contributed by atoms with Crippen molar-refractivity contribution in [2.75, 3.05) is 0 Å². The van der Waals surface area contributed by atoms with Crippen molar-refractivity contribution in [2.45, 2.75) is 47.1 Å². The summed E-state index contributed by atoms with van der Waals surface area (Å²) < 4.78 is 7.00. The van der Waals surface area contributed by atoms with Gasteiger partial charge in [-0.25, -0.2) is 4.79 Å². The monoisotopic (exact) mass is 362 g/mol. The molecule has 0 unspecified atom stereocenters. The second kappa shape index (κ2) is 4.47. The van der Waals surface area contributed by atoms with Crippen LogP contribution in [0.3, 0.4) is 0 Å². The van der Waals surface area contributed by atoms with Gasteiger partial charge in [-0.15, -0.1) is 0 Å². The van der Waals surface area contributed by atoms with E-state index in [-0.39, 0.29) is 16.8 Å². The van der Waals surface area contributed by atoms with E-state index in [0.29, 0.717) is 11.5 Å². The van der Waals surface area contributed by atoms with Gasteiger partial charge in [0.25, 0.3) is 0 Å². The predicted molar refractivity (Wildman–Crippen MR) is 91.7 cm³/mol. The van der Waals surface area contributed by atoms with Crippen molar-refractivity contribution >= 4 is 21.9 Å². The van der Waals surface area contributed by atoms with Crippen LogP contribution in [0.15, 0.2) is 39.9 Å². The van der Waals surface area contributed by atoms with Crippen molar-refractivity contribution < 1.29 is 9.53 Å². The Hall–Kier alpha value is -1.09. The van der Waals surface area contributed by atoms with E-state index in [1.165, 1.54) is 11.1 Å². The van der Waals surface area contributed by atoms with Gasteiger partial charge in [-0.2, -0.15) is 0 Å². The number of fused-ring (bicyclic) bond motifs is 1. The van der Waals surface area contributed by atoms with E-state index in [4.69, 9.17) is 4.74 Å². The summed E-state index contributed by atoms with van der Waals surface area (Å²) in [5, 5.41) is 0. The molecule has 1 aromatic rings. The smallest absolute Gasteiger partial charge is 0.338 e. The number of benzene rings is 1. The number of carbonyl (C=O) groups is 1. The Balaban J connectivity index is 1.90. The van der Waals surface area contributed by atoms with Gasteiger partial charge < -0.3 is 4.74 Å². The summed E-state index contributed by atoms with van der Waals surface area (Å²) in [6.07, 6.45) is 0. The summed E-state index contributed by atoms with van der Waals surface area (Å²) in [4.78, 5) is 12.6. The molecule has 3 heteroatoms. The van der Waals surface area contributed by atoms with Gasteiger partial charge in [0.2, 0.25) is 0 Å². The molecule has 0 aliphatic heterocycles. The zero-order chi connectivity index (χ0) is 16.5.